The minimum atomic E-state index is -0.164. The second kappa shape index (κ2) is 4.69. The van der Waals surface area contributed by atoms with Crippen LogP contribution < -0.4 is 0 Å². The van der Waals surface area contributed by atoms with Crippen molar-refractivity contribution in [2.24, 2.45) is 5.16 Å². The largest absolute Gasteiger partial charge is 0.411 e. The standard InChI is InChI=1S/C16H13NO2/c18-16-14-8-6-12(11-4-2-1-3-5-11)10-13(14)7-9-15(16)17-19/h1-6,8,10,19H,7,9H2/b17-15+. The number of carbonyl (C=O) groups is 1. The molecule has 0 radical (unpaired) electrons. The highest BCUT2D eigenvalue weighted by Gasteiger charge is 2.23. The summed E-state index contributed by atoms with van der Waals surface area (Å²) in [7, 11) is 0. The van der Waals surface area contributed by atoms with E-state index in [1.807, 2.05) is 42.5 Å². The van der Waals surface area contributed by atoms with Crippen molar-refractivity contribution in [2.75, 3.05) is 0 Å². The third kappa shape index (κ3) is 2.03. The summed E-state index contributed by atoms with van der Waals surface area (Å²) >= 11 is 0. The molecule has 0 saturated carbocycles. The first-order valence-electron chi connectivity index (χ1n) is 6.23. The fraction of sp³-hybridized carbons (Fsp3) is 0.125. The highest BCUT2D eigenvalue weighted by Crippen LogP contribution is 2.26. The van der Waals surface area contributed by atoms with Gasteiger partial charge in [0.15, 0.2) is 0 Å². The van der Waals surface area contributed by atoms with E-state index in [0.29, 0.717) is 12.0 Å². The summed E-state index contributed by atoms with van der Waals surface area (Å²) in [5.41, 5.74) is 4.17. The van der Waals surface area contributed by atoms with Crippen molar-refractivity contribution in [1.29, 1.82) is 0 Å². The Bertz CT molecular complexity index is 660. The quantitative estimate of drug-likeness (QED) is 0.624. The van der Waals surface area contributed by atoms with Gasteiger partial charge in [-0.3, -0.25) is 4.79 Å². The van der Waals surface area contributed by atoms with Gasteiger partial charge in [-0.25, -0.2) is 0 Å². The van der Waals surface area contributed by atoms with Gasteiger partial charge in [0.2, 0.25) is 5.78 Å². The van der Waals surface area contributed by atoms with Gasteiger partial charge in [0.05, 0.1) is 0 Å². The Morgan fingerprint density at radius 1 is 0.947 bits per heavy atom. The van der Waals surface area contributed by atoms with Crippen molar-refractivity contribution in [1.82, 2.24) is 0 Å². The maximum atomic E-state index is 12.0. The number of oxime groups is 1. The van der Waals surface area contributed by atoms with Crippen LogP contribution in [0.1, 0.15) is 22.3 Å². The van der Waals surface area contributed by atoms with Crippen molar-refractivity contribution < 1.29 is 10.0 Å². The fourth-order valence-corrected chi connectivity index (χ4v) is 2.45. The van der Waals surface area contributed by atoms with Gasteiger partial charge in [-0.2, -0.15) is 0 Å². The van der Waals surface area contributed by atoms with Crippen molar-refractivity contribution in [3.05, 3.63) is 59.7 Å². The third-order valence-electron chi connectivity index (χ3n) is 3.47. The number of nitrogens with zero attached hydrogens (tertiary/aromatic N) is 1. The van der Waals surface area contributed by atoms with Crippen LogP contribution in [0.25, 0.3) is 11.1 Å². The zero-order valence-corrected chi connectivity index (χ0v) is 10.3. The average molecular weight is 251 g/mol. The monoisotopic (exact) mass is 251 g/mol. The summed E-state index contributed by atoms with van der Waals surface area (Å²) in [5, 5.41) is 11.9. The maximum Gasteiger partial charge on any atom is 0.210 e. The van der Waals surface area contributed by atoms with E-state index < -0.39 is 0 Å². The van der Waals surface area contributed by atoms with Crippen LogP contribution >= 0.6 is 0 Å². The van der Waals surface area contributed by atoms with Crippen molar-refractivity contribution in [3.8, 4) is 11.1 Å². The lowest BCUT2D eigenvalue weighted by Gasteiger charge is -2.16. The molecule has 1 N–H and O–H groups in total. The van der Waals surface area contributed by atoms with Crippen LogP contribution in [-0.2, 0) is 6.42 Å². The van der Waals surface area contributed by atoms with E-state index in [1.54, 1.807) is 0 Å². The molecule has 0 spiro atoms. The van der Waals surface area contributed by atoms with Gasteiger partial charge in [0.25, 0.3) is 0 Å². The van der Waals surface area contributed by atoms with Crippen LogP contribution in [0.3, 0.4) is 0 Å². The Balaban J connectivity index is 2.05. The molecule has 0 bridgehead atoms. The minimum Gasteiger partial charge on any atom is -0.411 e. The van der Waals surface area contributed by atoms with Crippen molar-refractivity contribution in [3.63, 3.8) is 0 Å². The molecular formula is C16H13NO2. The van der Waals surface area contributed by atoms with E-state index in [-0.39, 0.29) is 11.5 Å². The Labute approximate surface area is 111 Å². The van der Waals surface area contributed by atoms with Crippen molar-refractivity contribution in [2.45, 2.75) is 12.8 Å². The summed E-state index contributed by atoms with van der Waals surface area (Å²) in [4.78, 5) is 12.0. The second-order valence-electron chi connectivity index (χ2n) is 4.61. The molecule has 0 aromatic heterocycles. The van der Waals surface area contributed by atoms with Gasteiger partial charge in [-0.05, 0) is 23.1 Å². The number of benzene rings is 2. The van der Waals surface area contributed by atoms with Crippen LogP contribution in [0.4, 0.5) is 0 Å². The van der Waals surface area contributed by atoms with Gasteiger partial charge >= 0.3 is 0 Å². The van der Waals surface area contributed by atoms with Gasteiger partial charge in [-0.15, -0.1) is 0 Å². The van der Waals surface area contributed by atoms with E-state index in [9.17, 15) is 4.79 Å². The molecule has 3 heteroatoms. The zero-order valence-electron chi connectivity index (χ0n) is 10.3. The van der Waals surface area contributed by atoms with Crippen LogP contribution in [0, 0.1) is 0 Å². The predicted octanol–water partition coefficient (Wildman–Crippen LogP) is 3.31. The molecule has 0 amide bonds. The molecule has 0 fully saturated rings. The van der Waals surface area contributed by atoms with E-state index in [1.165, 1.54) is 0 Å². The Morgan fingerprint density at radius 3 is 2.47 bits per heavy atom. The lowest BCUT2D eigenvalue weighted by Crippen LogP contribution is -2.22. The molecule has 1 aliphatic rings. The summed E-state index contributed by atoms with van der Waals surface area (Å²) in [6.07, 6.45) is 1.24. The molecule has 0 unspecified atom stereocenters. The smallest absolute Gasteiger partial charge is 0.210 e. The van der Waals surface area contributed by atoms with E-state index >= 15 is 0 Å². The Morgan fingerprint density at radius 2 is 1.74 bits per heavy atom. The number of hydrogen-bond acceptors (Lipinski definition) is 3. The lowest BCUT2D eigenvalue weighted by molar-refractivity contribution is 0.105. The molecule has 3 nitrogen and oxygen atoms in total. The number of carbonyl (C=O) groups excluding carboxylic acids is 1. The van der Waals surface area contributed by atoms with E-state index in [4.69, 9.17) is 5.21 Å². The average Bonchev–Trinajstić information content (AvgIpc) is 2.48. The van der Waals surface area contributed by atoms with Crippen LogP contribution in [0.5, 0.6) is 0 Å². The van der Waals surface area contributed by atoms with Crippen LogP contribution in [-0.4, -0.2) is 16.7 Å². The summed E-state index contributed by atoms with van der Waals surface area (Å²) in [6, 6.07) is 15.9. The molecule has 19 heavy (non-hydrogen) atoms. The highest BCUT2D eigenvalue weighted by atomic mass is 16.4. The predicted molar refractivity (Wildman–Crippen MR) is 73.8 cm³/mol. The molecule has 94 valence electrons. The molecule has 3 rings (SSSR count). The maximum absolute atomic E-state index is 12.0. The van der Waals surface area contributed by atoms with E-state index in [0.717, 1.165) is 23.1 Å². The Kier molecular flexibility index (Phi) is 2.88. The SMILES string of the molecule is O=C1/C(=N/O)CCc2cc(-c3ccccc3)ccc21. The van der Waals surface area contributed by atoms with E-state index in [2.05, 4.69) is 11.2 Å². The summed E-state index contributed by atoms with van der Waals surface area (Å²) in [5.74, 6) is -0.164. The fourth-order valence-electron chi connectivity index (χ4n) is 2.45. The van der Waals surface area contributed by atoms with Crippen LogP contribution in [0.2, 0.25) is 0 Å². The number of hydrogen-bond donors (Lipinski definition) is 1. The van der Waals surface area contributed by atoms with Gasteiger partial charge < -0.3 is 5.21 Å². The van der Waals surface area contributed by atoms with Gasteiger partial charge in [0, 0.05) is 12.0 Å². The van der Waals surface area contributed by atoms with Crippen molar-refractivity contribution >= 4 is 11.5 Å². The molecule has 2 aromatic carbocycles. The van der Waals surface area contributed by atoms with Crippen LogP contribution in [0.15, 0.2) is 53.7 Å². The molecule has 0 heterocycles. The normalized spacial score (nSPS) is 16.4. The van der Waals surface area contributed by atoms with Gasteiger partial charge in [0.1, 0.15) is 5.71 Å². The number of Topliss-reactive ketones (excluding diaryl/α,β-unsaturated/α-hetero) is 1. The lowest BCUT2D eigenvalue weighted by atomic mass is 9.87. The molecule has 0 aliphatic heterocycles. The minimum absolute atomic E-state index is 0.164. The number of rotatable bonds is 1. The second-order valence-corrected chi connectivity index (χ2v) is 4.61. The summed E-state index contributed by atoms with van der Waals surface area (Å²) < 4.78 is 0. The molecular weight excluding hydrogens is 238 g/mol. The van der Waals surface area contributed by atoms with Gasteiger partial charge in [-0.1, -0.05) is 53.7 Å². The molecule has 0 saturated heterocycles. The summed E-state index contributed by atoms with van der Waals surface area (Å²) in [6.45, 7) is 0. The topological polar surface area (TPSA) is 49.7 Å². The highest BCUT2D eigenvalue weighted by molar-refractivity contribution is 6.47. The first-order valence-corrected chi connectivity index (χ1v) is 6.23. The number of ketones is 1. The molecule has 0 atom stereocenters. The zero-order chi connectivity index (χ0) is 13.2. The molecule has 2 aromatic rings. The molecule has 1 aliphatic carbocycles. The first-order chi connectivity index (χ1) is 9.29. The third-order valence-corrected chi connectivity index (χ3v) is 3.47. The number of fused-ring (bicyclic) bond motifs is 1. The first kappa shape index (κ1) is 11.7. The Hall–Kier alpha value is -2.42. The number of aryl methyl sites for hydroxylation is 1.